The van der Waals surface area contributed by atoms with Crippen LogP contribution in [0.3, 0.4) is 0 Å². The molecule has 3 atom stereocenters. The molecule has 0 aliphatic carbocycles. The number of nitrogens with zero attached hydrogens (tertiary/aromatic N) is 2. The molecule has 0 saturated carbocycles. The number of aromatic nitrogens is 1. The van der Waals surface area contributed by atoms with Crippen LogP contribution in [-0.4, -0.2) is 36.8 Å². The second-order valence-electron chi connectivity index (χ2n) is 12.4. The summed E-state index contributed by atoms with van der Waals surface area (Å²) in [6.45, 7) is 9.40. The number of benzene rings is 3. The van der Waals surface area contributed by atoms with E-state index < -0.39 is 8.32 Å². The number of pyridine rings is 1. The van der Waals surface area contributed by atoms with Crippen molar-refractivity contribution in [3.8, 4) is 0 Å². The first kappa shape index (κ1) is 31.5. The molecule has 43 heavy (non-hydrogen) atoms. The van der Waals surface area contributed by atoms with Gasteiger partial charge in [-0.15, -0.1) is 0 Å². The second-order valence-corrected chi connectivity index (χ2v) is 17.6. The van der Waals surface area contributed by atoms with Crippen molar-refractivity contribution in [1.29, 1.82) is 0 Å². The third-order valence-electron chi connectivity index (χ3n) is 8.74. The molecule has 4 nitrogen and oxygen atoms in total. The summed E-state index contributed by atoms with van der Waals surface area (Å²) in [6.07, 6.45) is 3.59. The van der Waals surface area contributed by atoms with Gasteiger partial charge in [0.2, 0.25) is 5.91 Å². The van der Waals surface area contributed by atoms with Crippen LogP contribution in [-0.2, 0) is 9.22 Å². The summed E-state index contributed by atoms with van der Waals surface area (Å²) >= 11 is 12.7. The predicted octanol–water partition coefficient (Wildman–Crippen LogP) is 8.19. The van der Waals surface area contributed by atoms with Gasteiger partial charge >= 0.3 is 0 Å². The number of carbonyl (C=O) groups is 1. The van der Waals surface area contributed by atoms with Crippen LogP contribution in [0.25, 0.3) is 0 Å². The fourth-order valence-corrected chi connectivity index (χ4v) is 11.6. The maximum absolute atomic E-state index is 14.0. The van der Waals surface area contributed by atoms with Gasteiger partial charge < -0.3 is 9.33 Å². The van der Waals surface area contributed by atoms with Gasteiger partial charge in [0.1, 0.15) is 0 Å². The number of amides is 1. The molecule has 1 amide bonds. The van der Waals surface area contributed by atoms with E-state index in [-0.39, 0.29) is 28.9 Å². The average molecular weight is 632 g/mol. The van der Waals surface area contributed by atoms with Crippen molar-refractivity contribution in [2.75, 3.05) is 6.61 Å². The van der Waals surface area contributed by atoms with Crippen LogP contribution in [0.5, 0.6) is 0 Å². The topological polar surface area (TPSA) is 42.4 Å². The quantitative estimate of drug-likeness (QED) is 0.175. The Balaban J connectivity index is 1.58. The molecule has 1 aliphatic heterocycles. The molecule has 5 rings (SSSR count). The third kappa shape index (κ3) is 6.46. The molecule has 224 valence electrons. The van der Waals surface area contributed by atoms with Gasteiger partial charge in [0, 0.05) is 23.6 Å². The molecule has 0 spiro atoms. The largest absolute Gasteiger partial charge is 0.405 e. The molecule has 0 radical (unpaired) electrons. The Morgan fingerprint density at radius 3 is 2.09 bits per heavy atom. The van der Waals surface area contributed by atoms with Gasteiger partial charge in [-0.1, -0.05) is 124 Å². The zero-order chi connectivity index (χ0) is 30.6. The van der Waals surface area contributed by atoms with Gasteiger partial charge in [0.15, 0.2) is 0 Å². The van der Waals surface area contributed by atoms with E-state index in [0.29, 0.717) is 23.1 Å². The van der Waals surface area contributed by atoms with E-state index in [0.717, 1.165) is 24.1 Å². The first-order valence-electron chi connectivity index (χ1n) is 15.1. The first-order chi connectivity index (χ1) is 20.7. The van der Waals surface area contributed by atoms with Gasteiger partial charge in [-0.2, -0.15) is 0 Å². The van der Waals surface area contributed by atoms with E-state index in [9.17, 15) is 4.79 Å². The van der Waals surface area contributed by atoms with E-state index >= 15 is 0 Å². The Morgan fingerprint density at radius 2 is 1.56 bits per heavy atom. The minimum absolute atomic E-state index is 0.0343. The molecule has 1 fully saturated rings. The van der Waals surface area contributed by atoms with Crippen LogP contribution < -0.4 is 10.4 Å². The summed E-state index contributed by atoms with van der Waals surface area (Å²) in [7, 11) is -2.80. The van der Waals surface area contributed by atoms with Gasteiger partial charge in [-0.05, 0) is 58.1 Å². The Labute approximate surface area is 267 Å². The number of carbonyl (C=O) groups excluding carboxylic acids is 1. The Kier molecular flexibility index (Phi) is 9.77. The van der Waals surface area contributed by atoms with Crippen LogP contribution in [0, 0.1) is 0 Å². The van der Waals surface area contributed by atoms with Crippen molar-refractivity contribution in [3.63, 3.8) is 0 Å². The number of rotatable bonds is 9. The number of halogens is 2. The lowest BCUT2D eigenvalue weighted by Crippen LogP contribution is -2.67. The van der Waals surface area contributed by atoms with E-state index in [1.54, 1.807) is 6.20 Å². The summed E-state index contributed by atoms with van der Waals surface area (Å²) in [5, 5.41) is 3.53. The molecular formula is C36H40Cl2N2O2Si. The highest BCUT2D eigenvalue weighted by molar-refractivity contribution is 6.99. The summed E-state index contributed by atoms with van der Waals surface area (Å²) in [5.74, 6) is 0.157. The molecule has 3 aromatic carbocycles. The maximum atomic E-state index is 14.0. The smallest absolute Gasteiger partial charge is 0.261 e. The Bertz CT molecular complexity index is 1470. The lowest BCUT2D eigenvalue weighted by atomic mass is 9.80. The Morgan fingerprint density at radius 1 is 0.907 bits per heavy atom. The molecule has 4 aromatic rings. The van der Waals surface area contributed by atoms with Crippen molar-refractivity contribution in [2.24, 2.45) is 0 Å². The van der Waals surface area contributed by atoms with E-state index in [1.807, 2.05) is 30.3 Å². The maximum Gasteiger partial charge on any atom is 0.261 e. The minimum Gasteiger partial charge on any atom is -0.405 e. The van der Waals surface area contributed by atoms with E-state index in [1.165, 1.54) is 10.4 Å². The molecule has 1 saturated heterocycles. The predicted molar refractivity (Wildman–Crippen MR) is 180 cm³/mol. The van der Waals surface area contributed by atoms with Gasteiger partial charge in [-0.25, -0.2) is 0 Å². The summed E-state index contributed by atoms with van der Waals surface area (Å²) in [6, 6.07) is 32.7. The Hall–Kier alpha value is -2.96. The average Bonchev–Trinajstić information content (AvgIpc) is 3.00. The normalized spacial score (nSPS) is 18.5. The van der Waals surface area contributed by atoms with Crippen molar-refractivity contribution >= 4 is 47.8 Å². The molecular weight excluding hydrogens is 591 g/mol. The fourth-order valence-electron chi connectivity index (χ4n) is 6.72. The first-order valence-corrected chi connectivity index (χ1v) is 17.7. The van der Waals surface area contributed by atoms with Crippen molar-refractivity contribution in [3.05, 3.63) is 125 Å². The summed E-state index contributed by atoms with van der Waals surface area (Å²) < 4.78 is 7.37. The SMILES string of the molecule is CC[C@@H](CO[Si](c1ccccc1)(c1ccccc1)C(C)(C)C)N1C(=O)CC[C@H](c2cccc(Cl)c2)[C@H]1c1ccc(Cl)cn1. The highest BCUT2D eigenvalue weighted by atomic mass is 35.5. The van der Waals surface area contributed by atoms with Crippen LogP contribution in [0.15, 0.2) is 103 Å². The molecule has 1 aliphatic rings. The summed E-state index contributed by atoms with van der Waals surface area (Å²) in [5.41, 5.74) is 1.93. The monoisotopic (exact) mass is 630 g/mol. The third-order valence-corrected chi connectivity index (χ3v) is 14.2. The van der Waals surface area contributed by atoms with Crippen LogP contribution in [0.1, 0.15) is 70.2 Å². The number of hydrogen-bond acceptors (Lipinski definition) is 3. The molecule has 2 heterocycles. The van der Waals surface area contributed by atoms with Crippen LogP contribution >= 0.6 is 23.2 Å². The van der Waals surface area contributed by atoms with Crippen molar-refractivity contribution < 1.29 is 9.22 Å². The zero-order valence-electron chi connectivity index (χ0n) is 25.3. The molecule has 0 bridgehead atoms. The lowest BCUT2D eigenvalue weighted by Gasteiger charge is -2.48. The number of likely N-dealkylation sites (tertiary alicyclic amines) is 1. The zero-order valence-corrected chi connectivity index (χ0v) is 27.9. The minimum atomic E-state index is -2.80. The highest BCUT2D eigenvalue weighted by Gasteiger charge is 2.51. The fraction of sp³-hybridized carbons (Fsp3) is 0.333. The molecule has 0 N–H and O–H groups in total. The van der Waals surface area contributed by atoms with Crippen LogP contribution in [0.2, 0.25) is 15.1 Å². The molecule has 7 heteroatoms. The molecule has 1 aromatic heterocycles. The second kappa shape index (κ2) is 13.4. The van der Waals surface area contributed by atoms with E-state index in [2.05, 4.69) is 99.3 Å². The van der Waals surface area contributed by atoms with Crippen molar-refractivity contribution in [2.45, 2.75) is 70.0 Å². The lowest BCUT2D eigenvalue weighted by molar-refractivity contribution is -0.142. The van der Waals surface area contributed by atoms with Crippen molar-refractivity contribution in [1.82, 2.24) is 9.88 Å². The highest BCUT2D eigenvalue weighted by Crippen LogP contribution is 2.45. The van der Waals surface area contributed by atoms with E-state index in [4.69, 9.17) is 32.6 Å². The standard InChI is InChI=1S/C36H40Cl2N2O2Si/c1-5-29(25-42-43(36(2,3)4,30-15-8-6-9-16-30)31-17-10-7-11-18-31)40-34(41)22-20-32(26-13-12-14-27(37)23-26)35(40)33-21-19-28(38)24-39-33/h6-19,21,23-24,29,32,35H,5,20,22,25H2,1-4H3/t29-,32+,35-/m0/s1. The van der Waals surface area contributed by atoms with Gasteiger partial charge in [0.25, 0.3) is 8.32 Å². The number of hydrogen-bond donors (Lipinski definition) is 0. The summed E-state index contributed by atoms with van der Waals surface area (Å²) in [4.78, 5) is 20.8. The van der Waals surface area contributed by atoms with Crippen LogP contribution in [0.4, 0.5) is 0 Å². The number of piperidine rings is 1. The van der Waals surface area contributed by atoms with Gasteiger partial charge in [0.05, 0.1) is 29.4 Å². The molecule has 0 unspecified atom stereocenters. The van der Waals surface area contributed by atoms with Gasteiger partial charge in [-0.3, -0.25) is 9.78 Å².